The summed E-state index contributed by atoms with van der Waals surface area (Å²) in [5.41, 5.74) is 2.85. The number of hydrogen-bond acceptors (Lipinski definition) is 5. The molecule has 0 atom stereocenters. The highest BCUT2D eigenvalue weighted by Crippen LogP contribution is 2.23. The van der Waals surface area contributed by atoms with Crippen LogP contribution in [0.3, 0.4) is 0 Å². The lowest BCUT2D eigenvalue weighted by atomic mass is 10.1. The van der Waals surface area contributed by atoms with Gasteiger partial charge in [0.2, 0.25) is 11.7 Å². The normalized spacial score (nSPS) is 14.0. The molecule has 1 amide bonds. The van der Waals surface area contributed by atoms with Gasteiger partial charge >= 0.3 is 0 Å². The third-order valence-electron chi connectivity index (χ3n) is 5.72. The number of aryl methyl sites for hydroxylation is 1. The summed E-state index contributed by atoms with van der Waals surface area (Å²) in [7, 11) is 0. The Morgan fingerprint density at radius 1 is 1.03 bits per heavy atom. The number of para-hydroxylation sites is 1. The Bertz CT molecular complexity index is 1320. The van der Waals surface area contributed by atoms with Crippen LogP contribution < -0.4 is 5.56 Å². The standard InChI is InChI=1S/C23H23N5O2S/c1-16-8-10-17(11-9-16)14-27-21(30)18-6-2-3-7-19(18)28-22(27)24-25-23(28)31-15-20(29)26-12-4-5-13-26/h2-3,6-11H,4-5,12-15H2,1H3. The topological polar surface area (TPSA) is 72.5 Å². The zero-order valence-corrected chi connectivity index (χ0v) is 18.1. The van der Waals surface area contributed by atoms with Crippen molar-refractivity contribution in [3.63, 3.8) is 0 Å². The average Bonchev–Trinajstić information content (AvgIpc) is 3.47. The van der Waals surface area contributed by atoms with Crippen LogP contribution in [0.25, 0.3) is 16.7 Å². The molecule has 1 fully saturated rings. The molecule has 2 aromatic carbocycles. The number of carbonyl (C=O) groups excluding carboxylic acids is 1. The molecule has 0 N–H and O–H groups in total. The maximum absolute atomic E-state index is 13.3. The van der Waals surface area contributed by atoms with Crippen molar-refractivity contribution in [3.8, 4) is 0 Å². The number of nitrogens with zero attached hydrogens (tertiary/aromatic N) is 5. The van der Waals surface area contributed by atoms with Gasteiger partial charge in [0, 0.05) is 13.1 Å². The second kappa shape index (κ2) is 8.19. The van der Waals surface area contributed by atoms with Crippen molar-refractivity contribution >= 4 is 34.3 Å². The van der Waals surface area contributed by atoms with Crippen LogP contribution in [-0.4, -0.2) is 48.8 Å². The number of carbonyl (C=O) groups is 1. The molecule has 0 saturated carbocycles. The summed E-state index contributed by atoms with van der Waals surface area (Å²) in [4.78, 5) is 27.7. The first kappa shape index (κ1) is 19.8. The fraction of sp³-hybridized carbons (Fsp3) is 0.304. The van der Waals surface area contributed by atoms with Gasteiger partial charge in [0.15, 0.2) is 5.16 Å². The number of hydrogen-bond donors (Lipinski definition) is 0. The van der Waals surface area contributed by atoms with Gasteiger partial charge < -0.3 is 4.90 Å². The quantitative estimate of drug-likeness (QED) is 0.452. The molecule has 1 aliphatic rings. The predicted octanol–water partition coefficient (Wildman–Crippen LogP) is 3.12. The zero-order chi connectivity index (χ0) is 21.4. The molecule has 31 heavy (non-hydrogen) atoms. The summed E-state index contributed by atoms with van der Waals surface area (Å²) in [6.45, 7) is 4.11. The summed E-state index contributed by atoms with van der Waals surface area (Å²) in [5, 5.41) is 9.92. The van der Waals surface area contributed by atoms with Crippen molar-refractivity contribution in [2.75, 3.05) is 18.8 Å². The third kappa shape index (κ3) is 3.72. The number of benzene rings is 2. The minimum atomic E-state index is -0.0965. The van der Waals surface area contributed by atoms with Crippen LogP contribution in [-0.2, 0) is 11.3 Å². The SMILES string of the molecule is Cc1ccc(Cn2c(=O)c3ccccc3n3c(SCC(=O)N4CCCC4)nnc23)cc1. The summed E-state index contributed by atoms with van der Waals surface area (Å²) < 4.78 is 3.55. The fourth-order valence-electron chi connectivity index (χ4n) is 4.03. The Balaban J connectivity index is 1.57. The van der Waals surface area contributed by atoms with Crippen LogP contribution in [0.5, 0.6) is 0 Å². The van der Waals surface area contributed by atoms with E-state index in [-0.39, 0.29) is 11.5 Å². The first-order valence-corrected chi connectivity index (χ1v) is 11.4. The van der Waals surface area contributed by atoms with Crippen molar-refractivity contribution < 1.29 is 4.79 Å². The number of amides is 1. The minimum absolute atomic E-state index is 0.0965. The molecule has 3 heterocycles. The Morgan fingerprint density at radius 2 is 1.77 bits per heavy atom. The smallest absolute Gasteiger partial charge is 0.263 e. The second-order valence-electron chi connectivity index (χ2n) is 7.89. The second-order valence-corrected chi connectivity index (χ2v) is 8.83. The Morgan fingerprint density at radius 3 is 2.55 bits per heavy atom. The predicted molar refractivity (Wildman–Crippen MR) is 122 cm³/mol. The highest BCUT2D eigenvalue weighted by Gasteiger charge is 2.21. The molecular formula is C23H23N5O2S. The highest BCUT2D eigenvalue weighted by atomic mass is 32.2. The Kier molecular flexibility index (Phi) is 5.23. The van der Waals surface area contributed by atoms with Gasteiger partial charge in [0.1, 0.15) is 0 Å². The Hall–Kier alpha value is -3.13. The van der Waals surface area contributed by atoms with Crippen LogP contribution in [0.2, 0.25) is 0 Å². The van der Waals surface area contributed by atoms with E-state index in [0.717, 1.165) is 37.0 Å². The highest BCUT2D eigenvalue weighted by molar-refractivity contribution is 7.99. The first-order valence-electron chi connectivity index (χ1n) is 10.4. The van der Waals surface area contributed by atoms with E-state index in [0.29, 0.717) is 28.6 Å². The van der Waals surface area contributed by atoms with Gasteiger partial charge in [0.05, 0.1) is 23.2 Å². The van der Waals surface area contributed by atoms with Crippen molar-refractivity contribution in [2.45, 2.75) is 31.5 Å². The molecule has 0 bridgehead atoms. The molecular weight excluding hydrogens is 410 g/mol. The molecule has 7 nitrogen and oxygen atoms in total. The third-order valence-corrected chi connectivity index (χ3v) is 6.64. The van der Waals surface area contributed by atoms with Gasteiger partial charge in [-0.15, -0.1) is 10.2 Å². The molecule has 0 unspecified atom stereocenters. The molecule has 0 radical (unpaired) electrons. The largest absolute Gasteiger partial charge is 0.342 e. The van der Waals surface area contributed by atoms with Gasteiger partial charge in [-0.3, -0.25) is 18.6 Å². The van der Waals surface area contributed by atoms with E-state index in [1.165, 1.54) is 17.3 Å². The molecule has 5 rings (SSSR count). The van der Waals surface area contributed by atoms with Crippen molar-refractivity contribution in [2.24, 2.45) is 0 Å². The van der Waals surface area contributed by atoms with E-state index in [4.69, 9.17) is 0 Å². The number of aromatic nitrogens is 4. The van der Waals surface area contributed by atoms with Crippen LogP contribution >= 0.6 is 11.8 Å². The zero-order valence-electron chi connectivity index (χ0n) is 17.3. The van der Waals surface area contributed by atoms with Gasteiger partial charge in [-0.25, -0.2) is 0 Å². The molecule has 0 aliphatic carbocycles. The maximum Gasteiger partial charge on any atom is 0.263 e. The van der Waals surface area contributed by atoms with Gasteiger partial charge in [-0.05, 0) is 37.5 Å². The van der Waals surface area contributed by atoms with Crippen LogP contribution in [0, 0.1) is 6.92 Å². The molecule has 0 spiro atoms. The van der Waals surface area contributed by atoms with Crippen molar-refractivity contribution in [1.82, 2.24) is 24.1 Å². The van der Waals surface area contributed by atoms with Crippen molar-refractivity contribution in [1.29, 1.82) is 0 Å². The van der Waals surface area contributed by atoms with Gasteiger partial charge in [0.25, 0.3) is 5.56 Å². The van der Waals surface area contributed by atoms with Gasteiger partial charge in [-0.2, -0.15) is 0 Å². The fourth-order valence-corrected chi connectivity index (χ4v) is 4.87. The van der Waals surface area contributed by atoms with E-state index in [1.807, 2.05) is 64.8 Å². The molecule has 8 heteroatoms. The van der Waals surface area contributed by atoms with Crippen LogP contribution in [0.4, 0.5) is 0 Å². The summed E-state index contributed by atoms with van der Waals surface area (Å²) in [6.07, 6.45) is 2.14. The summed E-state index contributed by atoms with van der Waals surface area (Å²) in [5.74, 6) is 0.920. The van der Waals surface area contributed by atoms with E-state index >= 15 is 0 Å². The van der Waals surface area contributed by atoms with Crippen molar-refractivity contribution in [3.05, 3.63) is 70.0 Å². The molecule has 1 saturated heterocycles. The number of fused-ring (bicyclic) bond motifs is 3. The van der Waals surface area contributed by atoms with E-state index in [9.17, 15) is 9.59 Å². The molecule has 2 aromatic heterocycles. The summed E-state index contributed by atoms with van der Waals surface area (Å²) >= 11 is 1.37. The van der Waals surface area contributed by atoms with E-state index < -0.39 is 0 Å². The lowest BCUT2D eigenvalue weighted by Gasteiger charge is -2.14. The summed E-state index contributed by atoms with van der Waals surface area (Å²) in [6, 6.07) is 15.6. The van der Waals surface area contributed by atoms with E-state index in [2.05, 4.69) is 10.2 Å². The number of rotatable bonds is 5. The van der Waals surface area contributed by atoms with Crippen LogP contribution in [0.1, 0.15) is 24.0 Å². The maximum atomic E-state index is 13.3. The molecule has 1 aliphatic heterocycles. The monoisotopic (exact) mass is 433 g/mol. The minimum Gasteiger partial charge on any atom is -0.342 e. The molecule has 158 valence electrons. The Labute approximate surface area is 183 Å². The van der Waals surface area contributed by atoms with Crippen LogP contribution in [0.15, 0.2) is 58.5 Å². The average molecular weight is 434 g/mol. The number of thioether (sulfide) groups is 1. The first-order chi connectivity index (χ1) is 15.1. The number of likely N-dealkylation sites (tertiary alicyclic amines) is 1. The lowest BCUT2D eigenvalue weighted by molar-refractivity contribution is -0.127. The van der Waals surface area contributed by atoms with Gasteiger partial charge in [-0.1, -0.05) is 53.7 Å². The lowest BCUT2D eigenvalue weighted by Crippen LogP contribution is -2.29. The molecule has 4 aromatic rings. The van der Waals surface area contributed by atoms with E-state index in [1.54, 1.807) is 4.57 Å².